The molecule has 3 rings (SSSR count). The largest absolute Gasteiger partial charge is 0.330 e. The number of rotatable bonds is 6. The number of anilines is 2. The number of halogens is 2. The molecule has 1 aromatic carbocycles. The van der Waals surface area contributed by atoms with Crippen molar-refractivity contribution >= 4 is 43.8 Å². The first-order valence-corrected chi connectivity index (χ1v) is 11.5. The number of urea groups is 1. The summed E-state index contributed by atoms with van der Waals surface area (Å²) in [5.41, 5.74) is 1.11. The Labute approximate surface area is 182 Å². The summed E-state index contributed by atoms with van der Waals surface area (Å²) in [6, 6.07) is 5.94. The number of allylic oxidation sites excluding steroid dienone is 4. The highest BCUT2D eigenvalue weighted by atomic mass is 32.2. The van der Waals surface area contributed by atoms with Gasteiger partial charge in [0.1, 0.15) is 11.7 Å². The Bertz CT molecular complexity index is 1190. The van der Waals surface area contributed by atoms with Crippen LogP contribution in [0.1, 0.15) is 17.7 Å². The van der Waals surface area contributed by atoms with Gasteiger partial charge < -0.3 is 0 Å². The highest BCUT2D eigenvalue weighted by Crippen LogP contribution is 2.33. The van der Waals surface area contributed by atoms with Crippen molar-refractivity contribution in [1.82, 2.24) is 4.98 Å². The predicted molar refractivity (Wildman–Crippen MR) is 118 cm³/mol. The molecule has 7 nitrogen and oxygen atoms in total. The number of carbonyl (C=O) groups is 1. The maximum absolute atomic E-state index is 13.7. The third-order valence-corrected chi connectivity index (χ3v) is 7.27. The Morgan fingerprint density at radius 1 is 1.19 bits per heavy atom. The Hall–Kier alpha value is -2.89. The fourth-order valence-electron chi connectivity index (χ4n) is 3.18. The Kier molecular flexibility index (Phi) is 6.39. The molecule has 0 aliphatic carbocycles. The topological polar surface area (TPSA) is 96.6 Å². The van der Waals surface area contributed by atoms with Crippen molar-refractivity contribution < 1.29 is 22.0 Å². The van der Waals surface area contributed by atoms with Crippen LogP contribution < -0.4 is 14.9 Å². The van der Waals surface area contributed by atoms with Crippen molar-refractivity contribution in [3.8, 4) is 0 Å². The van der Waals surface area contributed by atoms with Gasteiger partial charge in [0.2, 0.25) is 10.0 Å². The van der Waals surface area contributed by atoms with Crippen molar-refractivity contribution in [1.29, 1.82) is 0 Å². The number of aromatic nitrogens is 1. The zero-order valence-corrected chi connectivity index (χ0v) is 18.3. The number of carbonyl (C=O) groups excluding carboxylic acids is 1. The lowest BCUT2D eigenvalue weighted by atomic mass is 10.0. The van der Waals surface area contributed by atoms with E-state index in [9.17, 15) is 22.0 Å². The third kappa shape index (κ3) is 4.89. The molecule has 1 saturated heterocycles. The first kappa shape index (κ1) is 22.8. The average Bonchev–Trinajstić information content (AvgIpc) is 3.08. The average molecular weight is 467 g/mol. The van der Waals surface area contributed by atoms with Crippen LogP contribution in [0.4, 0.5) is 24.4 Å². The maximum atomic E-state index is 13.7. The van der Waals surface area contributed by atoms with Crippen LogP contribution in [0.3, 0.4) is 0 Å². The smallest absolute Gasteiger partial charge is 0.294 e. The molecule has 164 valence electrons. The van der Waals surface area contributed by atoms with E-state index in [1.54, 1.807) is 24.3 Å². The molecule has 0 spiro atoms. The summed E-state index contributed by atoms with van der Waals surface area (Å²) < 4.78 is 50.1. The molecule has 0 bridgehead atoms. The monoisotopic (exact) mass is 466 g/mol. The number of sulfonamides is 1. The molecule has 11 heteroatoms. The van der Waals surface area contributed by atoms with Crippen LogP contribution in [0, 0.1) is 6.92 Å². The number of nitrogens with zero attached hydrogens (tertiary/aromatic N) is 3. The van der Waals surface area contributed by atoms with Crippen molar-refractivity contribution in [3.05, 3.63) is 66.4 Å². The molecule has 31 heavy (non-hydrogen) atoms. The van der Waals surface area contributed by atoms with Crippen molar-refractivity contribution in [2.75, 3.05) is 22.9 Å². The molecule has 2 amide bonds. The summed E-state index contributed by atoms with van der Waals surface area (Å²) in [6.45, 7) is 8.63. The van der Waals surface area contributed by atoms with E-state index in [4.69, 9.17) is 5.14 Å². The molecule has 1 aliphatic rings. The van der Waals surface area contributed by atoms with Gasteiger partial charge in [-0.25, -0.2) is 32.1 Å². The van der Waals surface area contributed by atoms with E-state index in [-0.39, 0.29) is 26.6 Å². The number of benzene rings is 1. The molecule has 2 N–H and O–H groups in total. The minimum absolute atomic E-state index is 0.0422. The van der Waals surface area contributed by atoms with Gasteiger partial charge in [-0.15, -0.1) is 0 Å². The molecule has 0 atom stereocenters. The molecule has 1 aliphatic heterocycles. The van der Waals surface area contributed by atoms with Crippen LogP contribution in [-0.4, -0.2) is 32.5 Å². The SMILES string of the molecule is C=C(F)/C=C(\C(=C)F)c1ccc(N2CCCN(c3nc(C)c(S(N)(=O)=O)s3)C2=O)cc1. The van der Waals surface area contributed by atoms with Crippen molar-refractivity contribution in [2.45, 2.75) is 17.6 Å². The van der Waals surface area contributed by atoms with Gasteiger partial charge >= 0.3 is 6.03 Å². The van der Waals surface area contributed by atoms with Crippen molar-refractivity contribution in [3.63, 3.8) is 0 Å². The normalized spacial score (nSPS) is 15.4. The van der Waals surface area contributed by atoms with Gasteiger partial charge in [0.15, 0.2) is 9.34 Å². The summed E-state index contributed by atoms with van der Waals surface area (Å²) >= 11 is 0.841. The minimum atomic E-state index is -3.93. The van der Waals surface area contributed by atoms with Crippen molar-refractivity contribution in [2.24, 2.45) is 5.14 Å². The second kappa shape index (κ2) is 8.69. The molecule has 0 radical (unpaired) electrons. The van der Waals surface area contributed by atoms with Crippen LogP contribution in [-0.2, 0) is 10.0 Å². The Morgan fingerprint density at radius 2 is 1.81 bits per heavy atom. The van der Waals surface area contributed by atoms with Gasteiger partial charge in [0, 0.05) is 24.4 Å². The van der Waals surface area contributed by atoms with Gasteiger partial charge in [0.05, 0.1) is 5.69 Å². The highest BCUT2D eigenvalue weighted by Gasteiger charge is 2.31. The molecular weight excluding hydrogens is 446 g/mol. The predicted octanol–water partition coefficient (Wildman–Crippen LogP) is 4.29. The van der Waals surface area contributed by atoms with Gasteiger partial charge in [-0.3, -0.25) is 9.80 Å². The van der Waals surface area contributed by atoms with E-state index < -0.39 is 21.7 Å². The minimum Gasteiger partial charge on any atom is -0.294 e. The summed E-state index contributed by atoms with van der Waals surface area (Å²) in [5, 5.41) is 5.45. The lowest BCUT2D eigenvalue weighted by Crippen LogP contribution is -2.49. The number of nitrogens with two attached hydrogens (primary N) is 1. The summed E-state index contributed by atoms with van der Waals surface area (Å²) in [4.78, 5) is 20.2. The number of hydrogen-bond donors (Lipinski definition) is 1. The molecular formula is C20H20F2N4O3S2. The quantitative estimate of drug-likeness (QED) is 0.643. The lowest BCUT2D eigenvalue weighted by molar-refractivity contribution is 0.248. The second-order valence-corrected chi connectivity index (χ2v) is 9.54. The summed E-state index contributed by atoms with van der Waals surface area (Å²) in [7, 11) is -3.93. The molecule has 0 unspecified atom stereocenters. The maximum Gasteiger partial charge on any atom is 0.330 e. The fourth-order valence-corrected chi connectivity index (χ4v) is 5.15. The zero-order valence-electron chi connectivity index (χ0n) is 16.6. The van der Waals surface area contributed by atoms with E-state index in [1.165, 1.54) is 16.7 Å². The standard InChI is InChI=1S/C20H20F2N4O3S2/c1-12(21)11-17(13(2)22)15-5-7-16(8-6-15)25-9-4-10-26(20(25)27)19-24-14(3)18(30-19)31(23,28)29/h5-8,11H,1-2,4,9-10H2,3H3,(H2,23,28,29)/b17-11+. The Balaban J connectivity index is 1.88. The van der Waals surface area contributed by atoms with Gasteiger partial charge in [-0.05, 0) is 37.1 Å². The van der Waals surface area contributed by atoms with E-state index in [2.05, 4.69) is 18.1 Å². The van der Waals surface area contributed by atoms with E-state index >= 15 is 0 Å². The van der Waals surface area contributed by atoms with Gasteiger partial charge in [0.25, 0.3) is 0 Å². The molecule has 1 aromatic heterocycles. The number of thiazole rings is 1. The van der Waals surface area contributed by atoms with Crippen LogP contribution in [0.2, 0.25) is 0 Å². The first-order valence-electron chi connectivity index (χ1n) is 9.09. The van der Waals surface area contributed by atoms with Gasteiger partial charge in [-0.1, -0.05) is 36.6 Å². The van der Waals surface area contributed by atoms with E-state index in [0.717, 1.165) is 17.4 Å². The van der Waals surface area contributed by atoms with Crippen LogP contribution in [0.25, 0.3) is 5.57 Å². The van der Waals surface area contributed by atoms with E-state index in [0.29, 0.717) is 30.8 Å². The third-order valence-electron chi connectivity index (χ3n) is 4.54. The Morgan fingerprint density at radius 3 is 2.32 bits per heavy atom. The molecule has 2 aromatic rings. The summed E-state index contributed by atoms with van der Waals surface area (Å²) in [6.07, 6.45) is 1.56. The van der Waals surface area contributed by atoms with Gasteiger partial charge in [-0.2, -0.15) is 0 Å². The highest BCUT2D eigenvalue weighted by molar-refractivity contribution is 7.91. The zero-order chi connectivity index (χ0) is 22.9. The second-order valence-electron chi connectivity index (χ2n) is 6.81. The van der Waals surface area contributed by atoms with Crippen LogP contribution in [0.15, 0.2) is 59.4 Å². The fraction of sp³-hybridized carbons (Fsp3) is 0.200. The molecule has 0 saturated carbocycles. The number of hydrogen-bond acceptors (Lipinski definition) is 5. The van der Waals surface area contributed by atoms with Crippen LogP contribution in [0.5, 0.6) is 0 Å². The lowest BCUT2D eigenvalue weighted by Gasteiger charge is -2.34. The van der Waals surface area contributed by atoms with Crippen LogP contribution >= 0.6 is 11.3 Å². The molecule has 1 fully saturated rings. The van der Waals surface area contributed by atoms with E-state index in [1.807, 2.05) is 0 Å². The number of aryl methyl sites for hydroxylation is 1. The summed E-state index contributed by atoms with van der Waals surface area (Å²) in [5.74, 6) is -1.62. The number of primary sulfonamides is 1. The number of amides is 2. The molecule has 2 heterocycles. The first-order chi connectivity index (χ1) is 14.5.